The van der Waals surface area contributed by atoms with Gasteiger partial charge in [-0.05, 0) is 26.0 Å². The number of ether oxygens (including phenoxy) is 1. The number of benzene rings is 1. The molecule has 1 amide bonds. The van der Waals surface area contributed by atoms with Crippen LogP contribution in [0.1, 0.15) is 19.4 Å². The summed E-state index contributed by atoms with van der Waals surface area (Å²) in [5, 5.41) is 0. The zero-order valence-electron chi connectivity index (χ0n) is 8.45. The number of carbonyl (C=O) groups is 1. The summed E-state index contributed by atoms with van der Waals surface area (Å²) in [6, 6.07) is 7.65. The molecule has 1 aliphatic rings. The van der Waals surface area contributed by atoms with E-state index in [4.69, 9.17) is 4.74 Å². The van der Waals surface area contributed by atoms with Gasteiger partial charge < -0.3 is 4.74 Å². The molecule has 2 rings (SSSR count). The predicted octanol–water partition coefficient (Wildman–Crippen LogP) is 3.17. The summed E-state index contributed by atoms with van der Waals surface area (Å²) in [4.78, 5) is 15.0. The van der Waals surface area contributed by atoms with Crippen molar-refractivity contribution >= 4 is 27.7 Å². The van der Waals surface area contributed by atoms with Crippen molar-refractivity contribution in [2.75, 3.05) is 0 Å². The molecular weight excluding hydrogens is 258 g/mol. The third-order valence-electron chi connectivity index (χ3n) is 2.23. The molecule has 0 aromatic heterocycles. The van der Waals surface area contributed by atoms with E-state index in [2.05, 4.69) is 20.9 Å². The Kier molecular flexibility index (Phi) is 2.38. The van der Waals surface area contributed by atoms with Crippen molar-refractivity contribution in [2.24, 2.45) is 4.99 Å². The van der Waals surface area contributed by atoms with E-state index in [1.165, 1.54) is 0 Å². The number of hydrogen-bond acceptors (Lipinski definition) is 2. The van der Waals surface area contributed by atoms with Crippen molar-refractivity contribution in [3.8, 4) is 0 Å². The molecule has 0 fully saturated rings. The van der Waals surface area contributed by atoms with Crippen molar-refractivity contribution in [3.63, 3.8) is 0 Å². The molecule has 1 heterocycles. The van der Waals surface area contributed by atoms with E-state index < -0.39 is 11.7 Å². The Bertz CT molecular complexity index is 434. The number of carbonyl (C=O) groups excluding carboxylic acids is 1. The minimum absolute atomic E-state index is 0.516. The normalized spacial score (nSPS) is 18.6. The van der Waals surface area contributed by atoms with Crippen LogP contribution in [0.15, 0.2) is 33.7 Å². The SMILES string of the molecule is CC1(C)OC(=O)N=C1c1ccc(Br)cc1. The highest BCUT2D eigenvalue weighted by atomic mass is 79.9. The van der Waals surface area contributed by atoms with Crippen LogP contribution in [0.5, 0.6) is 0 Å². The summed E-state index contributed by atoms with van der Waals surface area (Å²) < 4.78 is 6.09. The first-order chi connectivity index (χ1) is 6.99. The second kappa shape index (κ2) is 3.45. The lowest BCUT2D eigenvalue weighted by Gasteiger charge is -2.18. The number of cyclic esters (lactones) is 1. The van der Waals surface area contributed by atoms with Crippen molar-refractivity contribution in [3.05, 3.63) is 34.3 Å². The lowest BCUT2D eigenvalue weighted by Crippen LogP contribution is -2.30. The molecule has 3 nitrogen and oxygen atoms in total. The molecular formula is C11H10BrNO2. The summed E-state index contributed by atoms with van der Waals surface area (Å²) in [5.41, 5.74) is 0.958. The number of halogens is 1. The summed E-state index contributed by atoms with van der Waals surface area (Å²) in [6.45, 7) is 3.66. The number of aliphatic imine (C=N–C) groups is 1. The molecule has 0 saturated heterocycles. The average molecular weight is 268 g/mol. The van der Waals surface area contributed by atoms with Crippen LogP contribution in [0.25, 0.3) is 0 Å². The first-order valence-corrected chi connectivity index (χ1v) is 5.36. The van der Waals surface area contributed by atoms with E-state index in [0.717, 1.165) is 10.0 Å². The van der Waals surface area contributed by atoms with Gasteiger partial charge >= 0.3 is 6.09 Å². The fraction of sp³-hybridized carbons (Fsp3) is 0.273. The Hall–Kier alpha value is -1.16. The summed E-state index contributed by atoms with van der Waals surface area (Å²) in [7, 11) is 0. The molecule has 15 heavy (non-hydrogen) atoms. The van der Waals surface area contributed by atoms with E-state index in [9.17, 15) is 4.79 Å². The Morgan fingerprint density at radius 3 is 2.33 bits per heavy atom. The molecule has 0 aliphatic carbocycles. The Balaban J connectivity index is 2.43. The summed E-state index contributed by atoms with van der Waals surface area (Å²) in [5.74, 6) is 0. The summed E-state index contributed by atoms with van der Waals surface area (Å²) >= 11 is 3.36. The molecule has 1 aromatic carbocycles. The molecule has 0 N–H and O–H groups in total. The monoisotopic (exact) mass is 267 g/mol. The Labute approximate surface area is 96.3 Å². The topological polar surface area (TPSA) is 38.7 Å². The van der Waals surface area contributed by atoms with Gasteiger partial charge in [0, 0.05) is 10.0 Å². The van der Waals surface area contributed by atoms with Crippen LogP contribution in [0.2, 0.25) is 0 Å². The average Bonchev–Trinajstić information content (AvgIpc) is 2.41. The highest BCUT2D eigenvalue weighted by molar-refractivity contribution is 9.10. The quantitative estimate of drug-likeness (QED) is 0.784. The Morgan fingerprint density at radius 2 is 1.87 bits per heavy atom. The van der Waals surface area contributed by atoms with Crippen LogP contribution in [0, 0.1) is 0 Å². The van der Waals surface area contributed by atoms with Crippen LogP contribution in [0.4, 0.5) is 4.79 Å². The predicted molar refractivity (Wildman–Crippen MR) is 61.2 cm³/mol. The fourth-order valence-electron chi connectivity index (χ4n) is 1.54. The second-order valence-electron chi connectivity index (χ2n) is 3.85. The molecule has 0 atom stereocenters. The highest BCUT2D eigenvalue weighted by Gasteiger charge is 2.36. The molecule has 0 saturated carbocycles. The number of hydrogen-bond donors (Lipinski definition) is 0. The Morgan fingerprint density at radius 1 is 1.27 bits per heavy atom. The number of nitrogens with zero attached hydrogens (tertiary/aromatic N) is 1. The first-order valence-electron chi connectivity index (χ1n) is 4.57. The maximum atomic E-state index is 11.1. The second-order valence-corrected chi connectivity index (χ2v) is 4.76. The molecule has 1 aliphatic heterocycles. The van der Waals surface area contributed by atoms with Crippen molar-refractivity contribution in [2.45, 2.75) is 19.4 Å². The molecule has 0 radical (unpaired) electrons. The van der Waals surface area contributed by atoms with Crippen LogP contribution in [-0.4, -0.2) is 17.4 Å². The lowest BCUT2D eigenvalue weighted by molar-refractivity contribution is 0.107. The van der Waals surface area contributed by atoms with Crippen LogP contribution in [0.3, 0.4) is 0 Å². The maximum absolute atomic E-state index is 11.1. The molecule has 0 unspecified atom stereocenters. The van der Waals surface area contributed by atoms with Gasteiger partial charge in [0.25, 0.3) is 0 Å². The van der Waals surface area contributed by atoms with Crippen LogP contribution < -0.4 is 0 Å². The van der Waals surface area contributed by atoms with Crippen LogP contribution >= 0.6 is 15.9 Å². The van der Waals surface area contributed by atoms with Gasteiger partial charge in [0.1, 0.15) is 0 Å². The standard InChI is InChI=1S/C11H10BrNO2/c1-11(2)9(13-10(14)15-11)7-3-5-8(12)6-4-7/h3-6H,1-2H3. The van der Waals surface area contributed by atoms with Crippen molar-refractivity contribution in [1.29, 1.82) is 0 Å². The third-order valence-corrected chi connectivity index (χ3v) is 2.76. The molecule has 4 heteroatoms. The van der Waals surface area contributed by atoms with Gasteiger partial charge in [-0.3, -0.25) is 0 Å². The largest absolute Gasteiger partial charge is 0.435 e. The van der Waals surface area contributed by atoms with E-state index in [-0.39, 0.29) is 0 Å². The first kappa shape index (κ1) is 10.4. The minimum atomic E-state index is -0.634. The lowest BCUT2D eigenvalue weighted by atomic mass is 9.96. The van der Waals surface area contributed by atoms with Crippen molar-refractivity contribution < 1.29 is 9.53 Å². The number of amides is 1. The highest BCUT2D eigenvalue weighted by Crippen LogP contribution is 2.25. The van der Waals surface area contributed by atoms with E-state index in [0.29, 0.717) is 5.71 Å². The van der Waals surface area contributed by atoms with Crippen molar-refractivity contribution in [1.82, 2.24) is 0 Å². The van der Waals surface area contributed by atoms with E-state index in [1.807, 2.05) is 38.1 Å². The maximum Gasteiger partial charge on any atom is 0.434 e. The van der Waals surface area contributed by atoms with Crippen LogP contribution in [-0.2, 0) is 4.74 Å². The van der Waals surface area contributed by atoms with E-state index >= 15 is 0 Å². The van der Waals surface area contributed by atoms with Gasteiger partial charge in [-0.1, -0.05) is 28.1 Å². The minimum Gasteiger partial charge on any atom is -0.435 e. The number of rotatable bonds is 1. The van der Waals surface area contributed by atoms with Gasteiger partial charge in [0.15, 0.2) is 5.60 Å². The molecule has 78 valence electrons. The molecule has 1 aromatic rings. The van der Waals surface area contributed by atoms with Gasteiger partial charge in [-0.15, -0.1) is 0 Å². The fourth-order valence-corrected chi connectivity index (χ4v) is 1.80. The van der Waals surface area contributed by atoms with E-state index in [1.54, 1.807) is 0 Å². The van der Waals surface area contributed by atoms with Gasteiger partial charge in [-0.25, -0.2) is 4.79 Å². The zero-order valence-corrected chi connectivity index (χ0v) is 10.0. The molecule has 0 spiro atoms. The van der Waals surface area contributed by atoms with Gasteiger partial charge in [0.2, 0.25) is 0 Å². The smallest absolute Gasteiger partial charge is 0.434 e. The molecule has 0 bridgehead atoms. The van der Waals surface area contributed by atoms with Gasteiger partial charge in [-0.2, -0.15) is 4.99 Å². The zero-order chi connectivity index (χ0) is 11.1. The summed E-state index contributed by atoms with van der Waals surface area (Å²) in [6.07, 6.45) is -0.516. The van der Waals surface area contributed by atoms with Gasteiger partial charge in [0.05, 0.1) is 5.71 Å². The third kappa shape index (κ3) is 1.95.